The average molecular weight is 309 g/mol. The van der Waals surface area contributed by atoms with Crippen LogP contribution in [0.2, 0.25) is 0 Å². The van der Waals surface area contributed by atoms with Gasteiger partial charge in [0.25, 0.3) is 0 Å². The molecular weight excluding hydrogens is 299 g/mol. The molecule has 0 heterocycles. The highest BCUT2D eigenvalue weighted by molar-refractivity contribution is 9.10. The van der Waals surface area contributed by atoms with E-state index in [-0.39, 0.29) is 0 Å². The van der Waals surface area contributed by atoms with Gasteiger partial charge in [0, 0.05) is 4.47 Å². The van der Waals surface area contributed by atoms with Crippen LogP contribution in [0, 0.1) is 0 Å². The van der Waals surface area contributed by atoms with Gasteiger partial charge >= 0.3 is 0 Å². The molecular formula is C10H10BrCl2Si. The smallest absolute Gasteiger partial charge is 0.0998 e. The molecule has 0 saturated heterocycles. The molecule has 0 atom stereocenters. The Morgan fingerprint density at radius 2 is 2.07 bits per heavy atom. The predicted octanol–water partition coefficient (Wildman–Crippen LogP) is 4.07. The number of alkyl halides is 2. The monoisotopic (exact) mass is 307 g/mol. The van der Waals surface area contributed by atoms with Crippen LogP contribution in [0.25, 0.3) is 0 Å². The Morgan fingerprint density at radius 3 is 2.64 bits per heavy atom. The number of halogens is 3. The van der Waals surface area contributed by atoms with Crippen molar-refractivity contribution < 1.29 is 0 Å². The molecule has 1 rings (SSSR count). The molecule has 14 heavy (non-hydrogen) atoms. The van der Waals surface area contributed by atoms with Gasteiger partial charge in [0.05, 0.1) is 14.2 Å². The lowest BCUT2D eigenvalue weighted by Crippen LogP contribution is -2.11. The lowest BCUT2D eigenvalue weighted by atomic mass is 10.1. The van der Waals surface area contributed by atoms with Crippen LogP contribution in [0.3, 0.4) is 0 Å². The number of rotatable bonds is 4. The van der Waals surface area contributed by atoms with Crippen molar-refractivity contribution in [2.45, 2.75) is 23.2 Å². The van der Waals surface area contributed by atoms with E-state index in [1.807, 2.05) is 12.1 Å². The van der Waals surface area contributed by atoms with Gasteiger partial charge in [-0.1, -0.05) is 28.1 Å². The van der Waals surface area contributed by atoms with Gasteiger partial charge in [-0.15, -0.1) is 23.2 Å². The second kappa shape index (κ2) is 5.55. The fourth-order valence-electron chi connectivity index (χ4n) is 1.21. The summed E-state index contributed by atoms with van der Waals surface area (Å²) in [6.07, 6.45) is 2.69. The fraction of sp³-hybridized carbons (Fsp3) is 0.400. The Bertz CT molecular complexity index is 296. The highest BCUT2D eigenvalue weighted by Gasteiger charge is 2.15. The van der Waals surface area contributed by atoms with Crippen molar-refractivity contribution in [2.24, 2.45) is 0 Å². The summed E-state index contributed by atoms with van der Waals surface area (Å²) >= 11 is 15.0. The molecule has 0 aliphatic heterocycles. The predicted molar refractivity (Wildman–Crippen MR) is 67.3 cm³/mol. The molecule has 3 radical (unpaired) electrons. The van der Waals surface area contributed by atoms with Gasteiger partial charge < -0.3 is 0 Å². The van der Waals surface area contributed by atoms with Gasteiger partial charge in [0.15, 0.2) is 0 Å². The van der Waals surface area contributed by atoms with Gasteiger partial charge in [0.1, 0.15) is 0 Å². The molecule has 4 heteroatoms. The average Bonchev–Trinajstić information content (AvgIpc) is 2.01. The maximum Gasteiger partial charge on any atom is 0.0998 e. The lowest BCUT2D eigenvalue weighted by Gasteiger charge is -2.12. The topological polar surface area (TPSA) is 0 Å². The van der Waals surface area contributed by atoms with Crippen LogP contribution in [0.5, 0.6) is 0 Å². The SMILES string of the molecule is [Si]C(Cl)(Cl)CCCc1cccc(Br)c1. The fourth-order valence-corrected chi connectivity index (χ4v) is 2.10. The summed E-state index contributed by atoms with van der Waals surface area (Å²) in [5.74, 6) is 0. The van der Waals surface area contributed by atoms with Crippen molar-refractivity contribution >= 4 is 49.4 Å². The zero-order valence-electron chi connectivity index (χ0n) is 7.56. The molecule has 0 nitrogen and oxygen atoms in total. The summed E-state index contributed by atoms with van der Waals surface area (Å²) in [5.41, 5.74) is 1.30. The van der Waals surface area contributed by atoms with E-state index < -0.39 is 3.96 Å². The van der Waals surface area contributed by atoms with Crippen molar-refractivity contribution in [3.05, 3.63) is 34.3 Å². The first-order chi connectivity index (χ1) is 6.47. The molecule has 0 N–H and O–H groups in total. The molecule has 0 saturated carbocycles. The largest absolute Gasteiger partial charge is 0.107 e. The zero-order valence-corrected chi connectivity index (χ0v) is 11.7. The third-order valence-corrected chi connectivity index (χ3v) is 2.97. The van der Waals surface area contributed by atoms with E-state index in [4.69, 9.17) is 23.2 Å². The summed E-state index contributed by atoms with van der Waals surface area (Å²) < 4.78 is 0.322. The summed E-state index contributed by atoms with van der Waals surface area (Å²) in [5, 5.41) is 0. The van der Waals surface area contributed by atoms with Crippen LogP contribution >= 0.6 is 39.1 Å². The quantitative estimate of drug-likeness (QED) is 0.581. The number of benzene rings is 1. The van der Waals surface area contributed by atoms with E-state index >= 15 is 0 Å². The normalized spacial score (nSPS) is 11.7. The van der Waals surface area contributed by atoms with E-state index in [2.05, 4.69) is 38.3 Å². The molecule has 1 aromatic rings. The third kappa shape index (κ3) is 5.40. The molecule has 0 aromatic heterocycles. The van der Waals surface area contributed by atoms with Gasteiger partial charge in [-0.2, -0.15) is 0 Å². The maximum atomic E-state index is 5.80. The highest BCUT2D eigenvalue weighted by Crippen LogP contribution is 2.23. The zero-order chi connectivity index (χ0) is 10.6. The minimum Gasteiger partial charge on any atom is -0.107 e. The van der Waals surface area contributed by atoms with E-state index in [9.17, 15) is 0 Å². The molecule has 0 amide bonds. The third-order valence-electron chi connectivity index (χ3n) is 1.85. The molecule has 0 bridgehead atoms. The summed E-state index contributed by atoms with van der Waals surface area (Å²) in [6.45, 7) is 0. The lowest BCUT2D eigenvalue weighted by molar-refractivity contribution is 0.751. The van der Waals surface area contributed by atoms with Gasteiger partial charge in [-0.25, -0.2) is 0 Å². The van der Waals surface area contributed by atoms with E-state index in [1.54, 1.807) is 0 Å². The Labute approximate surface area is 107 Å². The van der Waals surface area contributed by atoms with Crippen molar-refractivity contribution in [3.63, 3.8) is 0 Å². The van der Waals surface area contributed by atoms with Crippen molar-refractivity contribution in [3.8, 4) is 0 Å². The molecule has 1 aromatic carbocycles. The van der Waals surface area contributed by atoms with Crippen LogP contribution in [0.4, 0.5) is 0 Å². The van der Waals surface area contributed by atoms with Crippen LogP contribution in [0.15, 0.2) is 28.7 Å². The van der Waals surface area contributed by atoms with Crippen molar-refractivity contribution in [1.29, 1.82) is 0 Å². The second-order valence-electron chi connectivity index (χ2n) is 3.19. The molecule has 0 spiro atoms. The molecule has 0 fully saturated rings. The Balaban J connectivity index is 2.39. The molecule has 75 valence electrons. The van der Waals surface area contributed by atoms with Crippen LogP contribution < -0.4 is 0 Å². The van der Waals surface area contributed by atoms with E-state index in [0.29, 0.717) is 0 Å². The van der Waals surface area contributed by atoms with Crippen LogP contribution in [0.1, 0.15) is 18.4 Å². The highest BCUT2D eigenvalue weighted by atomic mass is 79.9. The number of aryl methyl sites for hydroxylation is 1. The first-order valence-electron chi connectivity index (χ1n) is 4.35. The van der Waals surface area contributed by atoms with Gasteiger partial charge in [-0.05, 0) is 37.0 Å². The number of hydrogen-bond acceptors (Lipinski definition) is 0. The van der Waals surface area contributed by atoms with Gasteiger partial charge in [0.2, 0.25) is 0 Å². The molecule has 0 unspecified atom stereocenters. The first-order valence-corrected chi connectivity index (χ1v) is 6.39. The van der Waals surface area contributed by atoms with Crippen LogP contribution in [-0.2, 0) is 6.42 Å². The minimum atomic E-state index is -0.786. The van der Waals surface area contributed by atoms with Gasteiger partial charge in [-0.3, -0.25) is 0 Å². The Hall–Kier alpha value is 0.497. The summed E-state index contributed by atoms with van der Waals surface area (Å²) in [7, 11) is 3.24. The van der Waals surface area contributed by atoms with E-state index in [1.165, 1.54) is 5.56 Å². The second-order valence-corrected chi connectivity index (χ2v) is 7.07. The Kier molecular flexibility index (Phi) is 4.98. The van der Waals surface area contributed by atoms with Crippen molar-refractivity contribution in [1.82, 2.24) is 0 Å². The standard InChI is InChI=1S/C10H10BrCl2Si/c11-9-5-1-3-8(7-9)4-2-6-10(12,13)14/h1,3,5,7H,2,4,6H2. The minimum absolute atomic E-state index is 0.736. The molecule has 0 aliphatic rings. The number of hydrogen-bond donors (Lipinski definition) is 0. The maximum absolute atomic E-state index is 5.80. The first kappa shape index (κ1) is 12.6. The Morgan fingerprint density at radius 1 is 1.36 bits per heavy atom. The summed E-state index contributed by atoms with van der Waals surface area (Å²) in [4.78, 5) is 0. The van der Waals surface area contributed by atoms with Crippen molar-refractivity contribution in [2.75, 3.05) is 0 Å². The van der Waals surface area contributed by atoms with Crippen LogP contribution in [-0.4, -0.2) is 14.2 Å². The van der Waals surface area contributed by atoms with E-state index in [0.717, 1.165) is 23.7 Å². The molecule has 0 aliphatic carbocycles. The summed E-state index contributed by atoms with van der Waals surface area (Å²) in [6, 6.07) is 8.25.